The highest BCUT2D eigenvalue weighted by atomic mass is 36.0. The molecular weight excluding hydrogens is 487 g/mol. The maximum Gasteiger partial charge on any atom is 0.342 e. The molecule has 162 valence electrons. The van der Waals surface area contributed by atoms with Gasteiger partial charge in [0.25, 0.3) is 16.6 Å². The Bertz CT molecular complexity index is 923. The highest BCUT2D eigenvalue weighted by Crippen LogP contribution is 2.24. The first-order valence-corrected chi connectivity index (χ1v) is 10.6. The summed E-state index contributed by atoms with van der Waals surface area (Å²) in [7, 11) is 7.36. The third kappa shape index (κ3) is 8.82. The van der Waals surface area contributed by atoms with Crippen molar-refractivity contribution in [2.45, 2.75) is 13.8 Å². The SMILES string of the molecule is Cc1cccc(C(=O)Cl)c1[N+](=O)[O-].Cc1cccc(C(=O)O)c1[N+](=O)[O-].O=S(Cl)Cl. The minimum absolute atomic E-state index is 0.0633. The number of nitrogens with zero attached hydrogens (tertiary/aromatic N) is 2. The first-order chi connectivity index (χ1) is 13.8. The maximum atomic E-state index is 10.8. The third-order valence-electron chi connectivity index (χ3n) is 3.28. The smallest absolute Gasteiger partial charge is 0.342 e. The molecule has 0 amide bonds. The molecule has 0 aliphatic rings. The molecule has 2 aromatic rings. The van der Waals surface area contributed by atoms with Crippen molar-refractivity contribution < 1.29 is 28.8 Å². The number of benzene rings is 2. The zero-order valence-electron chi connectivity index (χ0n) is 15.2. The van der Waals surface area contributed by atoms with Gasteiger partial charge in [-0.2, -0.15) is 0 Å². The average molecular weight is 500 g/mol. The second kappa shape index (κ2) is 12.9. The number of hydrogen-bond acceptors (Lipinski definition) is 7. The fraction of sp³-hybridized carbons (Fsp3) is 0.125. The average Bonchev–Trinajstić information content (AvgIpc) is 2.60. The number of nitro benzene ring substituents is 2. The lowest BCUT2D eigenvalue weighted by molar-refractivity contribution is -0.385. The maximum absolute atomic E-state index is 10.8. The van der Waals surface area contributed by atoms with Gasteiger partial charge in [-0.05, 0) is 37.6 Å². The minimum Gasteiger partial charge on any atom is -0.477 e. The van der Waals surface area contributed by atoms with E-state index in [2.05, 4.69) is 21.4 Å². The highest BCUT2D eigenvalue weighted by Gasteiger charge is 2.21. The third-order valence-corrected chi connectivity index (χ3v) is 3.49. The van der Waals surface area contributed by atoms with Gasteiger partial charge in [0.1, 0.15) is 11.1 Å². The van der Waals surface area contributed by atoms with Crippen molar-refractivity contribution in [3.63, 3.8) is 0 Å². The molecule has 0 heterocycles. The van der Waals surface area contributed by atoms with Crippen LogP contribution in [0.3, 0.4) is 0 Å². The van der Waals surface area contributed by atoms with Crippen molar-refractivity contribution in [3.8, 4) is 0 Å². The number of carboxylic acids is 1. The van der Waals surface area contributed by atoms with Gasteiger partial charge in [0, 0.05) is 32.5 Å². The van der Waals surface area contributed by atoms with Gasteiger partial charge in [0.15, 0.2) is 0 Å². The molecule has 30 heavy (non-hydrogen) atoms. The first kappa shape index (κ1) is 27.4. The molecule has 0 atom stereocenters. The second-order valence-electron chi connectivity index (χ2n) is 5.22. The quantitative estimate of drug-likeness (QED) is 0.352. The Kier molecular flexibility index (Phi) is 11.7. The summed E-state index contributed by atoms with van der Waals surface area (Å²) in [5.74, 6) is -1.28. The zero-order chi connectivity index (χ0) is 23.6. The lowest BCUT2D eigenvalue weighted by Crippen LogP contribution is -2.03. The van der Waals surface area contributed by atoms with Crippen LogP contribution in [-0.2, 0) is 9.23 Å². The van der Waals surface area contributed by atoms with Crippen molar-refractivity contribution in [1.82, 2.24) is 0 Å². The molecule has 0 spiro atoms. The Morgan fingerprint density at radius 2 is 1.23 bits per heavy atom. The lowest BCUT2D eigenvalue weighted by atomic mass is 10.1. The zero-order valence-corrected chi connectivity index (χ0v) is 18.3. The van der Waals surface area contributed by atoms with Gasteiger partial charge in [-0.15, -0.1) is 0 Å². The topological polar surface area (TPSA) is 158 Å². The molecule has 10 nitrogen and oxygen atoms in total. The van der Waals surface area contributed by atoms with E-state index in [1.807, 2.05) is 0 Å². The van der Waals surface area contributed by atoms with Crippen LogP contribution in [0.15, 0.2) is 36.4 Å². The van der Waals surface area contributed by atoms with Crippen LogP contribution in [0.4, 0.5) is 11.4 Å². The van der Waals surface area contributed by atoms with Gasteiger partial charge in [-0.3, -0.25) is 25.0 Å². The van der Waals surface area contributed by atoms with E-state index in [0.717, 1.165) is 0 Å². The molecule has 2 rings (SSSR count). The summed E-state index contributed by atoms with van der Waals surface area (Å²) < 4.78 is 9.09. The second-order valence-corrected chi connectivity index (χ2v) is 8.09. The normalized spacial score (nSPS) is 9.53. The molecule has 0 saturated heterocycles. The van der Waals surface area contributed by atoms with Gasteiger partial charge >= 0.3 is 5.97 Å². The molecule has 14 heteroatoms. The summed E-state index contributed by atoms with van der Waals surface area (Å²) in [5, 5.41) is 28.9. The minimum atomic E-state index is -1.67. The standard InChI is InChI=1S/C8H6ClNO3.C8H7NO4.Cl2OS/c1-5-3-2-4-6(8(9)11)7(5)10(12)13;1-5-3-2-4-6(8(10)11)7(5)9(12)13;1-4(2)3/h2-4H,1H3;2-4H,1H3,(H,10,11);. The summed E-state index contributed by atoms with van der Waals surface area (Å²) in [4.78, 5) is 41.1. The van der Waals surface area contributed by atoms with Crippen LogP contribution in [0, 0.1) is 34.1 Å². The van der Waals surface area contributed by atoms with E-state index < -0.39 is 30.3 Å². The number of carbonyl (C=O) groups excluding carboxylic acids is 1. The molecule has 0 aliphatic carbocycles. The fourth-order valence-electron chi connectivity index (χ4n) is 2.13. The van der Waals surface area contributed by atoms with Gasteiger partial charge in [-0.25, -0.2) is 9.00 Å². The summed E-state index contributed by atoms with van der Waals surface area (Å²) in [6, 6.07) is 8.64. The predicted octanol–water partition coefficient (Wildman–Crippen LogP) is 4.93. The summed E-state index contributed by atoms with van der Waals surface area (Å²) >= 11 is 5.18. The van der Waals surface area contributed by atoms with Gasteiger partial charge in [0.05, 0.1) is 9.85 Å². The number of halogens is 3. The van der Waals surface area contributed by atoms with Crippen LogP contribution in [-0.4, -0.2) is 30.4 Å². The molecule has 0 aliphatic heterocycles. The van der Waals surface area contributed by atoms with Crippen LogP contribution >= 0.6 is 33.0 Å². The van der Waals surface area contributed by atoms with Crippen LogP contribution in [0.2, 0.25) is 0 Å². The highest BCUT2D eigenvalue weighted by molar-refractivity contribution is 8.26. The van der Waals surface area contributed by atoms with Crippen molar-refractivity contribution in [1.29, 1.82) is 0 Å². The summed E-state index contributed by atoms with van der Waals surface area (Å²) in [5.41, 5.74) is -0.115. The molecule has 2 aromatic carbocycles. The Labute approximate surface area is 186 Å². The van der Waals surface area contributed by atoms with Gasteiger partial charge in [0.2, 0.25) is 9.23 Å². The Morgan fingerprint density at radius 1 is 0.900 bits per heavy atom. The van der Waals surface area contributed by atoms with Crippen LogP contribution in [0.1, 0.15) is 31.8 Å². The van der Waals surface area contributed by atoms with Gasteiger partial charge in [-0.1, -0.05) is 24.3 Å². The van der Waals surface area contributed by atoms with Crippen molar-refractivity contribution in [2.75, 3.05) is 0 Å². The molecule has 0 aromatic heterocycles. The van der Waals surface area contributed by atoms with Crippen molar-refractivity contribution in [2.24, 2.45) is 0 Å². The Balaban J connectivity index is 0.000000477. The first-order valence-electron chi connectivity index (χ1n) is 7.46. The monoisotopic (exact) mass is 498 g/mol. The van der Waals surface area contributed by atoms with Crippen LogP contribution in [0.5, 0.6) is 0 Å². The summed E-state index contributed by atoms with van der Waals surface area (Å²) in [6.45, 7) is 3.06. The van der Waals surface area contributed by atoms with E-state index in [1.165, 1.54) is 31.2 Å². The molecular formula is C16H13Cl3N2O8S. The molecule has 0 fully saturated rings. The predicted molar refractivity (Wildman–Crippen MR) is 113 cm³/mol. The molecule has 1 N–H and O–H groups in total. The fourth-order valence-corrected chi connectivity index (χ4v) is 2.29. The van der Waals surface area contributed by atoms with E-state index in [9.17, 15) is 29.8 Å². The Hall–Kier alpha value is -2.60. The number of carboxylic acid groups (broad SMARTS) is 1. The van der Waals surface area contributed by atoms with E-state index in [1.54, 1.807) is 19.1 Å². The van der Waals surface area contributed by atoms with E-state index in [-0.39, 0.29) is 22.5 Å². The van der Waals surface area contributed by atoms with E-state index in [4.69, 9.17) is 20.9 Å². The molecule has 0 saturated carbocycles. The number of aromatic carboxylic acids is 1. The van der Waals surface area contributed by atoms with E-state index in [0.29, 0.717) is 11.1 Å². The molecule has 0 bridgehead atoms. The summed E-state index contributed by atoms with van der Waals surface area (Å²) in [6.07, 6.45) is 0. The van der Waals surface area contributed by atoms with Gasteiger partial charge < -0.3 is 5.11 Å². The molecule has 0 unspecified atom stereocenters. The number of aryl methyl sites for hydroxylation is 2. The van der Waals surface area contributed by atoms with Crippen LogP contribution in [0.25, 0.3) is 0 Å². The number of carbonyl (C=O) groups is 2. The molecule has 0 radical (unpaired) electrons. The lowest BCUT2D eigenvalue weighted by Gasteiger charge is -1.99. The number of para-hydroxylation sites is 2. The van der Waals surface area contributed by atoms with Crippen molar-refractivity contribution >= 4 is 64.8 Å². The van der Waals surface area contributed by atoms with Crippen molar-refractivity contribution in [3.05, 3.63) is 78.9 Å². The number of nitro groups is 2. The van der Waals surface area contributed by atoms with E-state index >= 15 is 0 Å². The van der Waals surface area contributed by atoms with Crippen LogP contribution < -0.4 is 0 Å². The Morgan fingerprint density at radius 3 is 1.47 bits per heavy atom. The number of rotatable bonds is 4. The number of hydrogen-bond donors (Lipinski definition) is 1. The largest absolute Gasteiger partial charge is 0.477 e.